The highest BCUT2D eigenvalue weighted by molar-refractivity contribution is 6.30. The molecule has 3 aromatic rings. The van der Waals surface area contributed by atoms with Crippen LogP contribution in [0.1, 0.15) is 17.5 Å². The second kappa shape index (κ2) is 6.21. The first-order valence-electron chi connectivity index (χ1n) is 7.99. The van der Waals surface area contributed by atoms with Gasteiger partial charge in [0.2, 0.25) is 5.91 Å². The summed E-state index contributed by atoms with van der Waals surface area (Å²) >= 11 is 5.84. The lowest BCUT2D eigenvalue weighted by Gasteiger charge is -2.21. The van der Waals surface area contributed by atoms with Gasteiger partial charge in [-0.15, -0.1) is 11.6 Å². The standard InChI is InChI=1S/C19H16ClN3O/c20-11-19(24)23(15-9-8-13-4-3-5-14(13)10-15)18-12-21-16-6-1-2-7-17(16)22-18/h1-2,6-10,12H,3-5,11H2. The normalized spacial score (nSPS) is 13.0. The Kier molecular flexibility index (Phi) is 3.90. The number of aromatic nitrogens is 2. The van der Waals surface area contributed by atoms with Gasteiger partial charge in [0.1, 0.15) is 5.88 Å². The van der Waals surface area contributed by atoms with Crippen LogP contribution in [0.4, 0.5) is 11.5 Å². The van der Waals surface area contributed by atoms with Gasteiger partial charge in [-0.2, -0.15) is 0 Å². The van der Waals surface area contributed by atoms with Crippen molar-refractivity contribution in [3.8, 4) is 0 Å². The van der Waals surface area contributed by atoms with Crippen molar-refractivity contribution in [3.05, 3.63) is 59.8 Å². The molecule has 5 heteroatoms. The van der Waals surface area contributed by atoms with E-state index in [1.165, 1.54) is 11.1 Å². The molecule has 0 aliphatic heterocycles. The van der Waals surface area contributed by atoms with Crippen LogP contribution in [0.25, 0.3) is 11.0 Å². The molecule has 0 saturated carbocycles. The monoisotopic (exact) mass is 337 g/mol. The largest absolute Gasteiger partial charge is 0.273 e. The maximum Gasteiger partial charge on any atom is 0.247 e. The van der Waals surface area contributed by atoms with E-state index in [0.717, 1.165) is 36.0 Å². The first-order chi connectivity index (χ1) is 11.8. The SMILES string of the molecule is O=C(CCl)N(c1ccc2c(c1)CCC2)c1cnc2ccccc2n1. The maximum atomic E-state index is 12.5. The van der Waals surface area contributed by atoms with Crippen LogP contribution in [0.5, 0.6) is 0 Å². The molecule has 0 radical (unpaired) electrons. The van der Waals surface area contributed by atoms with Crippen molar-refractivity contribution in [3.63, 3.8) is 0 Å². The molecule has 1 aliphatic rings. The quantitative estimate of drug-likeness (QED) is 0.678. The lowest BCUT2D eigenvalue weighted by molar-refractivity contribution is -0.115. The fourth-order valence-electron chi connectivity index (χ4n) is 3.22. The summed E-state index contributed by atoms with van der Waals surface area (Å²) in [6.45, 7) is 0. The average molecular weight is 338 g/mol. The molecule has 0 saturated heterocycles. The van der Waals surface area contributed by atoms with Crippen molar-refractivity contribution >= 4 is 40.0 Å². The predicted molar refractivity (Wildman–Crippen MR) is 95.9 cm³/mol. The number of carbonyl (C=O) groups is 1. The molecule has 24 heavy (non-hydrogen) atoms. The smallest absolute Gasteiger partial charge is 0.247 e. The minimum absolute atomic E-state index is 0.106. The molecule has 0 N–H and O–H groups in total. The van der Waals surface area contributed by atoms with Crippen molar-refractivity contribution in [1.82, 2.24) is 9.97 Å². The number of aryl methyl sites for hydroxylation is 2. The number of hydrogen-bond donors (Lipinski definition) is 0. The lowest BCUT2D eigenvalue weighted by Crippen LogP contribution is -2.28. The molecule has 1 amide bonds. The Labute approximate surface area is 145 Å². The molecule has 0 bridgehead atoms. The summed E-state index contributed by atoms with van der Waals surface area (Å²) in [6.07, 6.45) is 4.95. The number of fused-ring (bicyclic) bond motifs is 2. The topological polar surface area (TPSA) is 46.1 Å². The average Bonchev–Trinajstić information content (AvgIpc) is 3.09. The van der Waals surface area contributed by atoms with Gasteiger partial charge in [-0.25, -0.2) is 4.98 Å². The molecule has 2 aromatic carbocycles. The van der Waals surface area contributed by atoms with Crippen LogP contribution in [0.3, 0.4) is 0 Å². The van der Waals surface area contributed by atoms with E-state index in [9.17, 15) is 4.79 Å². The van der Waals surface area contributed by atoms with Crippen LogP contribution >= 0.6 is 11.6 Å². The van der Waals surface area contributed by atoms with Gasteiger partial charge in [0.15, 0.2) is 5.82 Å². The predicted octanol–water partition coefficient (Wildman–Crippen LogP) is 4.02. The summed E-state index contributed by atoms with van der Waals surface area (Å²) in [6, 6.07) is 13.7. The van der Waals surface area contributed by atoms with Gasteiger partial charge in [-0.1, -0.05) is 18.2 Å². The number of nitrogens with zero attached hydrogens (tertiary/aromatic N) is 3. The summed E-state index contributed by atoms with van der Waals surface area (Å²) in [5.74, 6) is 0.183. The number of rotatable bonds is 3. The maximum absolute atomic E-state index is 12.5. The van der Waals surface area contributed by atoms with Gasteiger partial charge in [-0.3, -0.25) is 14.7 Å². The molecule has 120 valence electrons. The Morgan fingerprint density at radius 2 is 1.88 bits per heavy atom. The summed E-state index contributed by atoms with van der Waals surface area (Å²) in [5.41, 5.74) is 5.01. The zero-order valence-corrected chi connectivity index (χ0v) is 13.8. The number of carbonyl (C=O) groups excluding carboxylic acids is 1. The zero-order chi connectivity index (χ0) is 16.5. The van der Waals surface area contributed by atoms with Crippen molar-refractivity contribution < 1.29 is 4.79 Å². The van der Waals surface area contributed by atoms with E-state index in [4.69, 9.17) is 11.6 Å². The molecular weight excluding hydrogens is 322 g/mol. The molecule has 1 aliphatic carbocycles. The number of hydrogen-bond acceptors (Lipinski definition) is 3. The van der Waals surface area contributed by atoms with Crippen molar-refractivity contribution in [1.29, 1.82) is 0 Å². The third kappa shape index (κ3) is 2.63. The minimum atomic E-state index is -0.209. The van der Waals surface area contributed by atoms with Crippen LogP contribution in [-0.2, 0) is 17.6 Å². The Bertz CT molecular complexity index is 925. The zero-order valence-electron chi connectivity index (χ0n) is 13.1. The van der Waals surface area contributed by atoms with Gasteiger partial charge < -0.3 is 0 Å². The van der Waals surface area contributed by atoms with E-state index in [0.29, 0.717) is 5.82 Å². The van der Waals surface area contributed by atoms with Crippen LogP contribution in [0, 0.1) is 0 Å². The molecule has 4 rings (SSSR count). The van der Waals surface area contributed by atoms with Gasteiger partial charge in [0.05, 0.1) is 22.9 Å². The third-order valence-electron chi connectivity index (χ3n) is 4.37. The fraction of sp³-hybridized carbons (Fsp3) is 0.211. The highest BCUT2D eigenvalue weighted by Gasteiger charge is 2.21. The van der Waals surface area contributed by atoms with Crippen LogP contribution in [0.15, 0.2) is 48.7 Å². The molecule has 0 fully saturated rings. The van der Waals surface area contributed by atoms with Gasteiger partial charge in [0.25, 0.3) is 0 Å². The third-order valence-corrected chi connectivity index (χ3v) is 4.60. The van der Waals surface area contributed by atoms with Crippen LogP contribution in [0.2, 0.25) is 0 Å². The number of amides is 1. The summed E-state index contributed by atoms with van der Waals surface area (Å²) < 4.78 is 0. The van der Waals surface area contributed by atoms with E-state index in [-0.39, 0.29) is 11.8 Å². The highest BCUT2D eigenvalue weighted by atomic mass is 35.5. The second-order valence-electron chi connectivity index (χ2n) is 5.89. The van der Waals surface area contributed by atoms with E-state index in [1.54, 1.807) is 11.1 Å². The molecule has 1 heterocycles. The fourth-order valence-corrected chi connectivity index (χ4v) is 3.34. The van der Waals surface area contributed by atoms with Gasteiger partial charge >= 0.3 is 0 Å². The van der Waals surface area contributed by atoms with Crippen molar-refractivity contribution in [2.45, 2.75) is 19.3 Å². The highest BCUT2D eigenvalue weighted by Crippen LogP contribution is 2.30. The van der Waals surface area contributed by atoms with E-state index in [2.05, 4.69) is 22.1 Å². The summed E-state index contributed by atoms with van der Waals surface area (Å²) in [5, 5.41) is 0. The van der Waals surface area contributed by atoms with E-state index in [1.807, 2.05) is 30.3 Å². The van der Waals surface area contributed by atoms with Gasteiger partial charge in [0, 0.05) is 0 Å². The molecule has 0 spiro atoms. The Morgan fingerprint density at radius 1 is 1.08 bits per heavy atom. The van der Waals surface area contributed by atoms with Gasteiger partial charge in [-0.05, 0) is 54.7 Å². The summed E-state index contributed by atoms with van der Waals surface area (Å²) in [7, 11) is 0. The Morgan fingerprint density at radius 3 is 2.71 bits per heavy atom. The Balaban J connectivity index is 1.82. The number of benzene rings is 2. The molecule has 4 nitrogen and oxygen atoms in total. The first-order valence-corrected chi connectivity index (χ1v) is 8.52. The molecule has 0 atom stereocenters. The van der Waals surface area contributed by atoms with E-state index < -0.39 is 0 Å². The number of halogens is 1. The van der Waals surface area contributed by atoms with Crippen molar-refractivity contribution in [2.75, 3.05) is 10.8 Å². The lowest BCUT2D eigenvalue weighted by atomic mass is 10.1. The summed E-state index contributed by atoms with van der Waals surface area (Å²) in [4.78, 5) is 23.1. The molecule has 0 unspecified atom stereocenters. The second-order valence-corrected chi connectivity index (χ2v) is 6.15. The van der Waals surface area contributed by atoms with E-state index >= 15 is 0 Å². The van der Waals surface area contributed by atoms with Crippen LogP contribution in [-0.4, -0.2) is 21.8 Å². The first kappa shape index (κ1) is 15.1. The Hall–Kier alpha value is -2.46. The number of para-hydroxylation sites is 2. The minimum Gasteiger partial charge on any atom is -0.273 e. The van der Waals surface area contributed by atoms with Crippen LogP contribution < -0.4 is 4.90 Å². The number of alkyl halides is 1. The molecular formula is C19H16ClN3O. The number of anilines is 2. The van der Waals surface area contributed by atoms with Crippen molar-refractivity contribution in [2.24, 2.45) is 0 Å². The molecule has 1 aromatic heterocycles.